The van der Waals surface area contributed by atoms with E-state index in [9.17, 15) is 4.79 Å². The predicted octanol–water partition coefficient (Wildman–Crippen LogP) is 4.53. The molecule has 0 aliphatic heterocycles. The Labute approximate surface area is 120 Å². The van der Waals surface area contributed by atoms with Gasteiger partial charge in [0.15, 0.2) is 0 Å². The molecule has 1 amide bonds. The van der Waals surface area contributed by atoms with Gasteiger partial charge in [0.1, 0.15) is 0 Å². The zero-order chi connectivity index (χ0) is 13.1. The zero-order valence-corrected chi connectivity index (χ0v) is 11.6. The lowest BCUT2D eigenvalue weighted by Gasteiger charge is -2.08. The summed E-state index contributed by atoms with van der Waals surface area (Å²) in [6.45, 7) is 0. The van der Waals surface area contributed by atoms with Gasteiger partial charge in [-0.05, 0) is 30.3 Å². The number of nitrogens with one attached hydrogen (secondary N) is 1. The number of hydrogen-bond acceptors (Lipinski definition) is 2. The van der Waals surface area contributed by atoms with Crippen molar-refractivity contribution in [3.63, 3.8) is 0 Å². The third-order valence-electron chi connectivity index (χ3n) is 2.31. The van der Waals surface area contributed by atoms with E-state index < -0.39 is 0 Å². The van der Waals surface area contributed by atoms with Crippen LogP contribution in [0.3, 0.4) is 0 Å². The molecule has 0 aromatic heterocycles. The van der Waals surface area contributed by atoms with Gasteiger partial charge in [0.2, 0.25) is 0 Å². The van der Waals surface area contributed by atoms with Gasteiger partial charge in [-0.2, -0.15) is 0 Å². The summed E-state index contributed by atoms with van der Waals surface area (Å²) in [6.07, 6.45) is 0. The first-order valence-electron chi connectivity index (χ1n) is 5.12. The molecule has 0 saturated heterocycles. The van der Waals surface area contributed by atoms with E-state index in [-0.39, 0.29) is 5.91 Å². The molecule has 0 bridgehead atoms. The second-order valence-electron chi connectivity index (χ2n) is 3.61. The standard InChI is InChI=1S/C13H9Cl2NOS/c14-10-5-2-6-11(12(10)15)16-13(17)8-3-1-4-9(18)7-8/h1-7,18H,(H,16,17). The van der Waals surface area contributed by atoms with Crippen LogP contribution in [0.4, 0.5) is 5.69 Å². The molecule has 0 saturated carbocycles. The fourth-order valence-corrected chi connectivity index (χ4v) is 2.01. The molecule has 0 heterocycles. The Morgan fingerprint density at radius 2 is 1.83 bits per heavy atom. The van der Waals surface area contributed by atoms with E-state index in [0.29, 0.717) is 21.3 Å². The Morgan fingerprint density at radius 3 is 2.56 bits per heavy atom. The summed E-state index contributed by atoms with van der Waals surface area (Å²) in [5.41, 5.74) is 0.997. The third-order valence-corrected chi connectivity index (χ3v) is 3.41. The zero-order valence-electron chi connectivity index (χ0n) is 9.15. The maximum absolute atomic E-state index is 12.0. The summed E-state index contributed by atoms with van der Waals surface area (Å²) in [4.78, 5) is 12.7. The smallest absolute Gasteiger partial charge is 0.255 e. The minimum atomic E-state index is -0.255. The summed E-state index contributed by atoms with van der Waals surface area (Å²) in [7, 11) is 0. The lowest BCUT2D eigenvalue weighted by atomic mass is 10.2. The van der Waals surface area contributed by atoms with E-state index in [4.69, 9.17) is 23.2 Å². The van der Waals surface area contributed by atoms with E-state index in [0.717, 1.165) is 4.90 Å². The number of anilines is 1. The first-order valence-corrected chi connectivity index (χ1v) is 6.32. The van der Waals surface area contributed by atoms with Gasteiger partial charge in [-0.3, -0.25) is 4.79 Å². The van der Waals surface area contributed by atoms with Crippen LogP contribution in [-0.4, -0.2) is 5.91 Å². The van der Waals surface area contributed by atoms with Crippen molar-refractivity contribution in [2.45, 2.75) is 4.90 Å². The number of carbonyl (C=O) groups is 1. The van der Waals surface area contributed by atoms with Crippen LogP contribution in [-0.2, 0) is 0 Å². The third kappa shape index (κ3) is 2.99. The Balaban J connectivity index is 2.24. The van der Waals surface area contributed by atoms with Crippen LogP contribution in [0.1, 0.15) is 10.4 Å². The van der Waals surface area contributed by atoms with Crippen LogP contribution in [0, 0.1) is 0 Å². The van der Waals surface area contributed by atoms with E-state index in [1.54, 1.807) is 42.5 Å². The Morgan fingerprint density at radius 1 is 1.11 bits per heavy atom. The molecule has 2 aromatic rings. The summed E-state index contributed by atoms with van der Waals surface area (Å²) in [6, 6.07) is 12.0. The van der Waals surface area contributed by atoms with Crippen molar-refractivity contribution in [3.8, 4) is 0 Å². The van der Waals surface area contributed by atoms with Crippen molar-refractivity contribution in [2.24, 2.45) is 0 Å². The number of halogens is 2. The predicted molar refractivity (Wildman–Crippen MR) is 78.1 cm³/mol. The highest BCUT2D eigenvalue weighted by atomic mass is 35.5. The number of carbonyl (C=O) groups excluding carboxylic acids is 1. The SMILES string of the molecule is O=C(Nc1cccc(Cl)c1Cl)c1cccc(S)c1. The average Bonchev–Trinajstić information content (AvgIpc) is 2.35. The minimum Gasteiger partial charge on any atom is -0.321 e. The average molecular weight is 298 g/mol. The van der Waals surface area contributed by atoms with Crippen LogP contribution in [0.5, 0.6) is 0 Å². The Kier molecular flexibility index (Phi) is 4.17. The summed E-state index contributed by atoms with van der Waals surface area (Å²) in [5, 5.41) is 3.43. The monoisotopic (exact) mass is 297 g/mol. The molecule has 2 nitrogen and oxygen atoms in total. The van der Waals surface area contributed by atoms with Gasteiger partial charge in [-0.1, -0.05) is 35.3 Å². The molecule has 2 rings (SSSR count). The highest BCUT2D eigenvalue weighted by Gasteiger charge is 2.10. The maximum atomic E-state index is 12.0. The van der Waals surface area contributed by atoms with E-state index in [1.165, 1.54) is 0 Å². The maximum Gasteiger partial charge on any atom is 0.255 e. The van der Waals surface area contributed by atoms with Crippen LogP contribution in [0.15, 0.2) is 47.4 Å². The molecule has 0 radical (unpaired) electrons. The Bertz CT molecular complexity index is 601. The summed E-state index contributed by atoms with van der Waals surface area (Å²) >= 11 is 16.1. The molecule has 0 unspecified atom stereocenters. The van der Waals surface area contributed by atoms with Crippen molar-refractivity contribution in [1.82, 2.24) is 0 Å². The fraction of sp³-hybridized carbons (Fsp3) is 0. The molecule has 5 heteroatoms. The van der Waals surface area contributed by atoms with Gasteiger partial charge in [0, 0.05) is 10.5 Å². The van der Waals surface area contributed by atoms with Crippen LogP contribution in [0.25, 0.3) is 0 Å². The van der Waals surface area contributed by atoms with Crippen molar-refractivity contribution in [2.75, 3.05) is 5.32 Å². The van der Waals surface area contributed by atoms with Gasteiger partial charge >= 0.3 is 0 Å². The molecule has 1 N–H and O–H groups in total. The van der Waals surface area contributed by atoms with Gasteiger partial charge in [0.05, 0.1) is 15.7 Å². The molecule has 0 fully saturated rings. The van der Waals surface area contributed by atoms with Crippen molar-refractivity contribution in [3.05, 3.63) is 58.1 Å². The number of hydrogen-bond donors (Lipinski definition) is 2. The molecule has 18 heavy (non-hydrogen) atoms. The van der Waals surface area contributed by atoms with Gasteiger partial charge in [-0.15, -0.1) is 12.6 Å². The normalized spacial score (nSPS) is 10.2. The van der Waals surface area contributed by atoms with Crippen molar-refractivity contribution in [1.29, 1.82) is 0 Å². The van der Waals surface area contributed by atoms with Crippen LogP contribution < -0.4 is 5.32 Å². The van der Waals surface area contributed by atoms with E-state index in [1.807, 2.05) is 0 Å². The van der Waals surface area contributed by atoms with Crippen LogP contribution >= 0.6 is 35.8 Å². The first-order chi connectivity index (χ1) is 8.58. The number of thiol groups is 1. The lowest BCUT2D eigenvalue weighted by molar-refractivity contribution is 0.102. The number of amides is 1. The minimum absolute atomic E-state index is 0.255. The molecular weight excluding hydrogens is 289 g/mol. The van der Waals surface area contributed by atoms with E-state index >= 15 is 0 Å². The van der Waals surface area contributed by atoms with E-state index in [2.05, 4.69) is 17.9 Å². The van der Waals surface area contributed by atoms with Crippen LogP contribution in [0.2, 0.25) is 10.0 Å². The van der Waals surface area contributed by atoms with Gasteiger partial charge in [0.25, 0.3) is 5.91 Å². The summed E-state index contributed by atoms with van der Waals surface area (Å²) < 4.78 is 0. The molecule has 2 aromatic carbocycles. The van der Waals surface area contributed by atoms with Crippen molar-refractivity contribution >= 4 is 47.4 Å². The highest BCUT2D eigenvalue weighted by Crippen LogP contribution is 2.29. The fourth-order valence-electron chi connectivity index (χ4n) is 1.44. The molecule has 92 valence electrons. The molecule has 0 spiro atoms. The number of rotatable bonds is 2. The highest BCUT2D eigenvalue weighted by molar-refractivity contribution is 7.80. The molecule has 0 aliphatic carbocycles. The van der Waals surface area contributed by atoms with Gasteiger partial charge < -0.3 is 5.32 Å². The quantitative estimate of drug-likeness (QED) is 0.783. The summed E-state index contributed by atoms with van der Waals surface area (Å²) in [5.74, 6) is -0.255. The number of benzene rings is 2. The van der Waals surface area contributed by atoms with Crippen molar-refractivity contribution < 1.29 is 4.79 Å². The Hall–Kier alpha value is -1.16. The first kappa shape index (κ1) is 13.3. The molecule has 0 aliphatic rings. The second-order valence-corrected chi connectivity index (χ2v) is 4.91. The largest absolute Gasteiger partial charge is 0.321 e. The molecular formula is C13H9Cl2NOS. The lowest BCUT2D eigenvalue weighted by Crippen LogP contribution is -2.12. The molecule has 0 atom stereocenters. The second kappa shape index (κ2) is 5.65. The van der Waals surface area contributed by atoms with Gasteiger partial charge in [-0.25, -0.2) is 0 Å². The topological polar surface area (TPSA) is 29.1 Å².